The summed E-state index contributed by atoms with van der Waals surface area (Å²) in [5, 5.41) is 210. The maximum absolute atomic E-state index is 12.9. The van der Waals surface area contributed by atoms with Crippen LogP contribution >= 0.6 is 0 Å². The van der Waals surface area contributed by atoms with E-state index in [9.17, 15) is 131 Å². The topological polar surface area (TPSA) is 660 Å². The van der Waals surface area contributed by atoms with E-state index in [4.69, 9.17) is 61.6 Å². The highest BCUT2D eigenvalue weighted by Crippen LogP contribution is 2.38. The van der Waals surface area contributed by atoms with Gasteiger partial charge in [0.25, 0.3) is 0 Å². The first-order valence-corrected chi connectivity index (χ1v) is 27.2. The molecule has 42 nitrogen and oxygen atoms in total. The molecule has 0 aromatic carbocycles. The number of hydrogen-bond acceptors (Lipinski definition) is 35. The monoisotopic (exact) mass is 1310 g/mol. The zero-order chi connectivity index (χ0) is 66.8. The van der Waals surface area contributed by atoms with Crippen LogP contribution in [0.5, 0.6) is 0 Å². The largest absolute Gasteiger partial charge is 0.479 e. The van der Waals surface area contributed by atoms with Crippen LogP contribution in [-0.2, 0) is 95.1 Å². The van der Waals surface area contributed by atoms with Gasteiger partial charge in [-0.3, -0.25) is 14.4 Å². The number of carboxylic acid groups (broad SMARTS) is 4. The molecule has 0 spiro atoms. The molecule has 0 radical (unpaired) electrons. The molecule has 6 fully saturated rings. The van der Waals surface area contributed by atoms with Gasteiger partial charge in [-0.2, -0.15) is 0 Å². The molecule has 6 saturated heterocycles. The van der Waals surface area contributed by atoms with E-state index >= 15 is 0 Å². The van der Waals surface area contributed by atoms with Crippen molar-refractivity contribution in [2.45, 2.75) is 223 Å². The number of rotatable bonds is 22. The van der Waals surface area contributed by atoms with Crippen LogP contribution in [0.2, 0.25) is 0 Å². The van der Waals surface area contributed by atoms with Crippen molar-refractivity contribution in [2.75, 3.05) is 19.8 Å². The predicted octanol–water partition coefficient (Wildman–Crippen LogP) is -14.3. The maximum Gasteiger partial charge on any atom is 0.371 e. The van der Waals surface area contributed by atoms with Gasteiger partial charge in [0.05, 0.1) is 19.8 Å². The first kappa shape index (κ1) is 72.2. The summed E-state index contributed by atoms with van der Waals surface area (Å²) in [6.07, 6.45) is -65.5. The third-order valence-electron chi connectivity index (χ3n) is 15.2. The Morgan fingerprint density at radius 3 is 0.978 bits per heavy atom. The summed E-state index contributed by atoms with van der Waals surface area (Å²) in [5.74, 6) is -11.3. The summed E-state index contributed by atoms with van der Waals surface area (Å²) < 4.78 is 72.1. The Morgan fingerprint density at radius 2 is 0.678 bits per heavy atom. The van der Waals surface area contributed by atoms with Crippen LogP contribution in [0.4, 0.5) is 0 Å². The van der Waals surface area contributed by atoms with Gasteiger partial charge in [0.1, 0.15) is 140 Å². The smallest absolute Gasteiger partial charge is 0.371 e. The van der Waals surface area contributed by atoms with E-state index in [1.54, 1.807) is 0 Å². The maximum atomic E-state index is 12.9. The van der Waals surface area contributed by atoms with Crippen LogP contribution in [0.15, 0.2) is 11.8 Å². The number of carboxylic acids is 4. The molecule has 0 aromatic heterocycles. The highest BCUT2D eigenvalue weighted by molar-refractivity contribution is 5.84. The molecular formula is C48H71N3O39. The number of amides is 3. The third kappa shape index (κ3) is 15.5. The lowest BCUT2D eigenvalue weighted by Crippen LogP contribution is -2.71. The number of aliphatic carboxylic acids is 4. The van der Waals surface area contributed by atoms with Gasteiger partial charge < -0.3 is 175 Å². The lowest BCUT2D eigenvalue weighted by atomic mass is 9.93. The van der Waals surface area contributed by atoms with Crippen molar-refractivity contribution in [1.29, 1.82) is 0 Å². The minimum Gasteiger partial charge on any atom is -0.479 e. The van der Waals surface area contributed by atoms with Crippen molar-refractivity contribution in [3.05, 3.63) is 11.8 Å². The number of carbonyl (C=O) groups excluding carboxylic acids is 3. The Hall–Kier alpha value is -5.25. The zero-order valence-corrected chi connectivity index (χ0v) is 46.9. The van der Waals surface area contributed by atoms with Crippen molar-refractivity contribution in [1.82, 2.24) is 16.0 Å². The van der Waals surface area contributed by atoms with Gasteiger partial charge in [-0.05, 0) is 6.08 Å². The minimum absolute atomic E-state index is 0.627. The molecule has 90 heavy (non-hydrogen) atoms. The molecule has 3 amide bonds. The van der Waals surface area contributed by atoms with Crippen molar-refractivity contribution < 1.29 is 192 Å². The Kier molecular flexibility index (Phi) is 24.2. The molecule has 0 aliphatic carbocycles. The van der Waals surface area contributed by atoms with Crippen LogP contribution in [0.25, 0.3) is 0 Å². The van der Waals surface area contributed by atoms with Crippen LogP contribution in [0.3, 0.4) is 0 Å². The molecule has 7 rings (SSSR count). The van der Waals surface area contributed by atoms with Crippen LogP contribution in [0, 0.1) is 0 Å². The average Bonchev–Trinajstić information content (AvgIpc) is 0.804. The quantitative estimate of drug-likeness (QED) is 0.0479. The van der Waals surface area contributed by atoms with E-state index in [1.807, 2.05) is 0 Å². The second-order valence-electron chi connectivity index (χ2n) is 21.5. The molecule has 22 N–H and O–H groups in total. The Bertz CT molecular complexity index is 2560. The van der Waals surface area contributed by atoms with E-state index in [1.165, 1.54) is 0 Å². The number of aliphatic hydroxyl groups excluding tert-OH is 15. The fourth-order valence-corrected chi connectivity index (χ4v) is 10.8. The van der Waals surface area contributed by atoms with Gasteiger partial charge in [0.2, 0.25) is 29.8 Å². The van der Waals surface area contributed by atoms with Gasteiger partial charge in [0.15, 0.2) is 56.1 Å². The first-order valence-electron chi connectivity index (χ1n) is 27.2. The van der Waals surface area contributed by atoms with Gasteiger partial charge in [-0.15, -0.1) is 0 Å². The molecule has 7 unspecified atom stereocenters. The van der Waals surface area contributed by atoms with E-state index in [-0.39, 0.29) is 0 Å². The van der Waals surface area contributed by atoms with Crippen molar-refractivity contribution in [2.24, 2.45) is 0 Å². The fraction of sp³-hybridized carbons (Fsp3) is 0.812. The summed E-state index contributed by atoms with van der Waals surface area (Å²) in [7, 11) is 0. The minimum atomic E-state index is -2.51. The Balaban J connectivity index is 1.05. The summed E-state index contributed by atoms with van der Waals surface area (Å²) in [6, 6.07) is -5.82. The van der Waals surface area contributed by atoms with E-state index in [0.29, 0.717) is 6.08 Å². The summed E-state index contributed by atoms with van der Waals surface area (Å²) >= 11 is 0. The second kappa shape index (κ2) is 30.2. The van der Waals surface area contributed by atoms with Crippen molar-refractivity contribution in [3.8, 4) is 0 Å². The molecule has 7 aliphatic rings. The highest BCUT2D eigenvalue weighted by atomic mass is 16.8. The molecular weight excluding hydrogens is 1240 g/mol. The van der Waals surface area contributed by atoms with Gasteiger partial charge in [-0.25, -0.2) is 19.2 Å². The number of ether oxygens (including phenoxy) is 13. The van der Waals surface area contributed by atoms with E-state index in [2.05, 4.69) is 16.0 Å². The molecule has 7 heterocycles. The Morgan fingerprint density at radius 1 is 0.378 bits per heavy atom. The molecule has 512 valence electrons. The van der Waals surface area contributed by atoms with Gasteiger partial charge >= 0.3 is 23.9 Å². The van der Waals surface area contributed by atoms with Crippen LogP contribution in [-0.4, -0.2) is 361 Å². The van der Waals surface area contributed by atoms with Gasteiger partial charge in [-0.1, -0.05) is 0 Å². The van der Waals surface area contributed by atoms with Crippen LogP contribution < -0.4 is 16.0 Å². The summed E-state index contributed by atoms with van der Waals surface area (Å²) in [5.41, 5.74) is 0. The molecule has 0 bridgehead atoms. The van der Waals surface area contributed by atoms with E-state index in [0.717, 1.165) is 20.8 Å². The number of carbonyl (C=O) groups is 7. The molecule has 42 heteroatoms. The molecule has 0 aromatic rings. The highest BCUT2D eigenvalue weighted by Gasteiger charge is 2.60. The normalized spacial score (nSPS) is 45.7. The van der Waals surface area contributed by atoms with Crippen molar-refractivity contribution in [3.63, 3.8) is 0 Å². The average molecular weight is 1310 g/mol. The molecule has 0 saturated carbocycles. The predicted molar refractivity (Wildman–Crippen MR) is 267 cm³/mol. The second-order valence-corrected chi connectivity index (χ2v) is 21.5. The first-order chi connectivity index (χ1) is 42.2. The number of nitrogens with one attached hydrogen (secondary N) is 3. The van der Waals surface area contributed by atoms with Gasteiger partial charge in [0, 0.05) is 20.8 Å². The lowest BCUT2D eigenvalue weighted by molar-refractivity contribution is -0.379. The Labute approximate surface area is 504 Å². The van der Waals surface area contributed by atoms with Crippen molar-refractivity contribution >= 4 is 41.6 Å². The summed E-state index contributed by atoms with van der Waals surface area (Å²) in [4.78, 5) is 86.8. The number of aliphatic hydroxyl groups is 15. The zero-order valence-electron chi connectivity index (χ0n) is 46.9. The fourth-order valence-electron chi connectivity index (χ4n) is 10.8. The summed E-state index contributed by atoms with van der Waals surface area (Å²) in [6.45, 7) is -0.801. The molecule has 33 atom stereocenters. The van der Waals surface area contributed by atoms with E-state index < -0.39 is 270 Å². The third-order valence-corrected chi connectivity index (χ3v) is 15.2. The molecule has 7 aliphatic heterocycles. The standard InChI is InChI=1S/C48H71N3O39/c1-8(55)49-16-20(60)29(83-46-19(59)11(58)4-12(78-46)38(69)70)13(5-52)79-44(16)87-33-24(64)27(67)48(89-36(33)40(73)74)85-31-15(7-54)81-45(18(22(31)62)51-10(3)57)88-34-25(65)28(68)47(90-37(34)41(75)76)84-30-14(6-53)80-43(17(21(30)61)50-9(2)56)86-32-23(63)26(66)42(77)82-35(32)39(71)72/h4,11,13-37,42-48,52-54,58-68,77H,5-7H2,1-3H3,(H,49,55)(H,50,56)(H,51,57)(H,69,70)(H,71,72)(H,73,74)(H,75,76)/t11-,13+,14+,15+,16+,17+,18+,19?,20+,21+,22+,23+,24+,25+,26+,27+,28+,29?,30?,31?,32-,33-,34-,35?,36?,37?,42+,43+,44+,45+,46-,47+,48+/m0/s1. The lowest BCUT2D eigenvalue weighted by Gasteiger charge is -2.50. The SMILES string of the molecule is CC(=O)N[C@H]1[C@@H](O[C@@H]2C(C(=O)O)O[C@@H](O)[C@H](O)[C@H]2O)O[C@H](CO)C(O[C@@H]2OC(C(=O)O)[C@@H](O[C@H]3O[C@H](CO)C(O[C@@H]4OC(C(=O)O)[C@@H](O[C@H]5O[C@H](CO)C(O[C@@H]6OC(C(=O)O)=C[C@H](O)C6O)[C@H](O)[C@H]5NC(C)=O)[C@H](O)[C@H]4O)[C@H](O)[C@H]3NC(C)=O)[C@H](O)[C@H]2O)[C@@H]1O. The number of hydrogen-bond donors (Lipinski definition) is 22. The van der Waals surface area contributed by atoms with Crippen LogP contribution in [0.1, 0.15) is 20.8 Å².